The molecular weight excluding hydrogens is 413 g/mol. The molecule has 0 aliphatic rings. The van der Waals surface area contributed by atoms with E-state index >= 15 is 0 Å². The van der Waals surface area contributed by atoms with Crippen LogP contribution in [0.15, 0.2) is 40.9 Å². The predicted molar refractivity (Wildman–Crippen MR) is 102 cm³/mol. The third-order valence-corrected chi connectivity index (χ3v) is 4.28. The first-order valence-electron chi connectivity index (χ1n) is 9.21. The average molecular weight is 430 g/mol. The van der Waals surface area contributed by atoms with Crippen molar-refractivity contribution in [1.29, 1.82) is 0 Å². The van der Waals surface area contributed by atoms with Gasteiger partial charge in [0.15, 0.2) is 6.61 Å². The zero-order valence-electron chi connectivity index (χ0n) is 16.8. The summed E-state index contributed by atoms with van der Waals surface area (Å²) in [7, 11) is 0. The van der Waals surface area contributed by atoms with Gasteiger partial charge in [0.2, 0.25) is 11.7 Å². The van der Waals surface area contributed by atoms with Crippen LogP contribution < -0.4 is 4.74 Å². The minimum absolute atomic E-state index is 0.0342. The molecule has 3 heterocycles. The molecule has 1 aromatic carbocycles. The van der Waals surface area contributed by atoms with Crippen LogP contribution in [0.1, 0.15) is 28.5 Å². The van der Waals surface area contributed by atoms with Gasteiger partial charge in [0.1, 0.15) is 0 Å². The smallest absolute Gasteiger partial charge is 0.416 e. The van der Waals surface area contributed by atoms with E-state index in [2.05, 4.69) is 25.2 Å². The van der Waals surface area contributed by atoms with Crippen molar-refractivity contribution in [2.75, 3.05) is 0 Å². The normalized spacial score (nSPS) is 11.7. The van der Waals surface area contributed by atoms with Crippen molar-refractivity contribution in [3.8, 4) is 23.2 Å². The van der Waals surface area contributed by atoms with Crippen LogP contribution in [0, 0.1) is 20.8 Å². The molecule has 0 bridgehead atoms. The van der Waals surface area contributed by atoms with E-state index in [1.54, 1.807) is 17.7 Å². The monoisotopic (exact) mass is 430 g/mol. The SMILES string of the molecule is Cc1cc(OCc2nc(-c3cccc(C(F)(F)F)c3)no2)nc(-n2nc(C)cc2C)n1. The Kier molecular flexibility index (Phi) is 5.17. The lowest BCUT2D eigenvalue weighted by molar-refractivity contribution is -0.137. The van der Waals surface area contributed by atoms with Crippen LogP contribution in [0.3, 0.4) is 0 Å². The number of hydrogen-bond acceptors (Lipinski definition) is 7. The van der Waals surface area contributed by atoms with Crippen molar-refractivity contribution < 1.29 is 22.4 Å². The highest BCUT2D eigenvalue weighted by molar-refractivity contribution is 5.55. The highest BCUT2D eigenvalue weighted by atomic mass is 19.4. The lowest BCUT2D eigenvalue weighted by Gasteiger charge is -2.07. The Morgan fingerprint density at radius 3 is 2.52 bits per heavy atom. The fourth-order valence-electron chi connectivity index (χ4n) is 2.93. The minimum atomic E-state index is -4.46. The molecule has 0 fully saturated rings. The molecule has 31 heavy (non-hydrogen) atoms. The third-order valence-electron chi connectivity index (χ3n) is 4.28. The first-order chi connectivity index (χ1) is 14.7. The summed E-state index contributed by atoms with van der Waals surface area (Å²) in [6.45, 7) is 5.44. The number of ether oxygens (including phenoxy) is 1. The van der Waals surface area contributed by atoms with Crippen molar-refractivity contribution >= 4 is 0 Å². The van der Waals surface area contributed by atoms with Gasteiger partial charge in [0.25, 0.3) is 11.8 Å². The highest BCUT2D eigenvalue weighted by Crippen LogP contribution is 2.31. The maximum Gasteiger partial charge on any atom is 0.416 e. The molecule has 0 saturated carbocycles. The second-order valence-corrected chi connectivity index (χ2v) is 6.87. The molecule has 11 heteroatoms. The maximum absolute atomic E-state index is 12.9. The van der Waals surface area contributed by atoms with Crippen LogP contribution in [0.25, 0.3) is 17.3 Å². The molecule has 0 spiro atoms. The fourth-order valence-corrected chi connectivity index (χ4v) is 2.93. The Bertz CT molecular complexity index is 1230. The van der Waals surface area contributed by atoms with E-state index in [4.69, 9.17) is 9.26 Å². The van der Waals surface area contributed by atoms with Gasteiger partial charge >= 0.3 is 6.18 Å². The third kappa shape index (κ3) is 4.55. The van der Waals surface area contributed by atoms with Crippen molar-refractivity contribution in [3.63, 3.8) is 0 Å². The molecule has 4 aromatic rings. The zero-order chi connectivity index (χ0) is 22.2. The molecule has 0 N–H and O–H groups in total. The van der Waals surface area contributed by atoms with E-state index in [-0.39, 0.29) is 29.8 Å². The summed E-state index contributed by atoms with van der Waals surface area (Å²) in [6.07, 6.45) is -4.46. The molecule has 0 atom stereocenters. The molecule has 0 saturated heterocycles. The molecule has 8 nitrogen and oxygen atoms in total. The molecule has 0 aliphatic carbocycles. The van der Waals surface area contributed by atoms with E-state index in [9.17, 15) is 13.2 Å². The molecule has 0 aliphatic heterocycles. The zero-order valence-corrected chi connectivity index (χ0v) is 16.8. The number of rotatable bonds is 5. The highest BCUT2D eigenvalue weighted by Gasteiger charge is 2.30. The second kappa shape index (κ2) is 7.82. The average Bonchev–Trinajstić information content (AvgIpc) is 3.31. The van der Waals surface area contributed by atoms with E-state index in [1.165, 1.54) is 12.1 Å². The summed E-state index contributed by atoms with van der Waals surface area (Å²) >= 11 is 0. The van der Waals surface area contributed by atoms with Crippen LogP contribution in [-0.2, 0) is 12.8 Å². The van der Waals surface area contributed by atoms with Gasteiger partial charge in [-0.15, -0.1) is 0 Å². The molecular formula is C20H17F3N6O2. The van der Waals surface area contributed by atoms with Gasteiger partial charge in [-0.05, 0) is 39.0 Å². The van der Waals surface area contributed by atoms with Gasteiger partial charge in [-0.2, -0.15) is 28.2 Å². The number of nitrogens with zero attached hydrogens (tertiary/aromatic N) is 6. The summed E-state index contributed by atoms with van der Waals surface area (Å²) in [5, 5.41) is 8.10. The minimum Gasteiger partial charge on any atom is -0.467 e. The molecule has 0 radical (unpaired) electrons. The van der Waals surface area contributed by atoms with E-state index in [0.717, 1.165) is 23.5 Å². The van der Waals surface area contributed by atoms with Crippen molar-refractivity contribution in [2.45, 2.75) is 33.6 Å². The number of hydrogen-bond donors (Lipinski definition) is 0. The lowest BCUT2D eigenvalue weighted by Crippen LogP contribution is -2.08. The number of alkyl halides is 3. The summed E-state index contributed by atoms with van der Waals surface area (Å²) < 4.78 is 51.1. The van der Waals surface area contributed by atoms with Gasteiger partial charge in [0, 0.05) is 23.0 Å². The molecule has 4 rings (SSSR count). The number of benzene rings is 1. The topological polar surface area (TPSA) is 91.8 Å². The molecule has 160 valence electrons. The Hall–Kier alpha value is -3.76. The van der Waals surface area contributed by atoms with E-state index in [1.807, 2.05) is 19.9 Å². The van der Waals surface area contributed by atoms with E-state index in [0.29, 0.717) is 11.6 Å². The Balaban J connectivity index is 1.51. The maximum atomic E-state index is 12.9. The van der Waals surface area contributed by atoms with Crippen LogP contribution >= 0.6 is 0 Å². The molecule has 3 aromatic heterocycles. The standard InChI is InChI=1S/C20H17F3N6O2/c1-11-8-16(26-19(24-11)29-13(3)7-12(2)27-29)30-10-17-25-18(28-31-17)14-5-4-6-15(9-14)20(21,22)23/h4-9H,10H2,1-3H3. The second-order valence-electron chi connectivity index (χ2n) is 6.87. The van der Waals surface area contributed by atoms with Crippen molar-refractivity contribution in [3.05, 3.63) is 64.9 Å². The fraction of sp³-hybridized carbons (Fsp3) is 0.250. The predicted octanol–water partition coefficient (Wildman–Crippen LogP) is 4.24. The Labute approximate surface area is 174 Å². The van der Waals surface area contributed by atoms with Gasteiger partial charge in [-0.3, -0.25) is 0 Å². The van der Waals surface area contributed by atoms with Gasteiger partial charge in [-0.1, -0.05) is 17.3 Å². The van der Waals surface area contributed by atoms with Crippen LogP contribution in [-0.4, -0.2) is 29.9 Å². The van der Waals surface area contributed by atoms with Crippen molar-refractivity contribution in [1.82, 2.24) is 29.9 Å². The van der Waals surface area contributed by atoms with Crippen LogP contribution in [0.2, 0.25) is 0 Å². The largest absolute Gasteiger partial charge is 0.467 e. The van der Waals surface area contributed by atoms with Crippen LogP contribution in [0.4, 0.5) is 13.2 Å². The molecule has 0 unspecified atom stereocenters. The Morgan fingerprint density at radius 2 is 1.81 bits per heavy atom. The molecule has 0 amide bonds. The first-order valence-corrected chi connectivity index (χ1v) is 9.21. The quantitative estimate of drug-likeness (QED) is 0.468. The number of aryl methyl sites for hydroxylation is 3. The van der Waals surface area contributed by atoms with E-state index < -0.39 is 11.7 Å². The number of aromatic nitrogens is 6. The summed E-state index contributed by atoms with van der Waals surface area (Å²) in [6, 6.07) is 8.24. The Morgan fingerprint density at radius 1 is 1.00 bits per heavy atom. The van der Waals surface area contributed by atoms with Crippen molar-refractivity contribution in [2.24, 2.45) is 0 Å². The lowest BCUT2D eigenvalue weighted by atomic mass is 10.1. The first kappa shape index (κ1) is 20.5. The summed E-state index contributed by atoms with van der Waals surface area (Å²) in [4.78, 5) is 12.8. The van der Waals surface area contributed by atoms with Gasteiger partial charge in [0.05, 0.1) is 11.3 Å². The summed E-state index contributed by atoms with van der Waals surface area (Å²) in [5.41, 5.74) is 1.77. The van der Waals surface area contributed by atoms with Crippen LogP contribution in [0.5, 0.6) is 5.88 Å². The van der Waals surface area contributed by atoms with Gasteiger partial charge in [-0.25, -0.2) is 9.67 Å². The number of halogens is 3. The van der Waals surface area contributed by atoms with Gasteiger partial charge < -0.3 is 9.26 Å². The summed E-state index contributed by atoms with van der Waals surface area (Å²) in [5.74, 6) is 0.757.